The van der Waals surface area contributed by atoms with Gasteiger partial charge in [-0.15, -0.1) is 11.3 Å². The summed E-state index contributed by atoms with van der Waals surface area (Å²) in [5.74, 6) is 0.0374. The largest absolute Gasteiger partial charge is 0.496 e. The summed E-state index contributed by atoms with van der Waals surface area (Å²) in [6.45, 7) is 3.62. The number of methoxy groups -OCH3 is 1. The number of fused-ring (bicyclic) bond motifs is 1. The number of nitrogens with two attached hydrogens (primary N) is 1. The number of nitrogens with zero attached hydrogens (tertiary/aromatic N) is 1. The Morgan fingerprint density at radius 3 is 2.69 bits per heavy atom. The number of amides is 1. The third-order valence-corrected chi connectivity index (χ3v) is 5.29. The van der Waals surface area contributed by atoms with Crippen molar-refractivity contribution in [1.29, 1.82) is 0 Å². The van der Waals surface area contributed by atoms with Crippen LogP contribution in [-0.2, 0) is 4.79 Å². The fourth-order valence-electron chi connectivity index (χ4n) is 3.08. The van der Waals surface area contributed by atoms with E-state index in [-0.39, 0.29) is 6.42 Å². The van der Waals surface area contributed by atoms with Crippen molar-refractivity contribution in [3.8, 4) is 16.9 Å². The van der Waals surface area contributed by atoms with E-state index in [1.54, 1.807) is 14.0 Å². The van der Waals surface area contributed by atoms with Crippen LogP contribution in [0.1, 0.15) is 24.9 Å². The lowest BCUT2D eigenvalue weighted by Gasteiger charge is -2.13. The van der Waals surface area contributed by atoms with Crippen LogP contribution in [0.4, 0.5) is 0 Å². The molecule has 8 heteroatoms. The summed E-state index contributed by atoms with van der Waals surface area (Å²) in [6.07, 6.45) is 0.255. The number of hydrogen-bond acceptors (Lipinski definition) is 5. The fourth-order valence-corrected chi connectivity index (χ4v) is 4.04. The number of hydrogen-bond donors (Lipinski definition) is 2. The summed E-state index contributed by atoms with van der Waals surface area (Å²) in [4.78, 5) is 40.2. The molecule has 0 aliphatic carbocycles. The molecule has 3 aromatic rings. The summed E-state index contributed by atoms with van der Waals surface area (Å²) in [5.41, 5.74) is 6.69. The maximum absolute atomic E-state index is 13.0. The molecule has 2 aromatic heterocycles. The zero-order valence-electron chi connectivity index (χ0n) is 14.7. The van der Waals surface area contributed by atoms with Gasteiger partial charge in [-0.1, -0.05) is 13.0 Å². The Balaban J connectivity index is 2.30. The van der Waals surface area contributed by atoms with E-state index in [4.69, 9.17) is 10.5 Å². The normalized spacial score (nSPS) is 12.3. The minimum absolute atomic E-state index is 0.255. The lowest BCUT2D eigenvalue weighted by molar-refractivity contribution is -0.121. The number of thiophene rings is 1. The van der Waals surface area contributed by atoms with Gasteiger partial charge in [0.05, 0.1) is 12.5 Å². The van der Waals surface area contributed by atoms with Crippen molar-refractivity contribution in [2.75, 3.05) is 7.11 Å². The number of primary amides is 1. The predicted molar refractivity (Wildman–Crippen MR) is 102 cm³/mol. The Hall–Kier alpha value is -2.87. The second-order valence-corrected chi connectivity index (χ2v) is 6.85. The molecule has 2 heterocycles. The van der Waals surface area contributed by atoms with Crippen LogP contribution in [0, 0.1) is 6.92 Å². The highest BCUT2D eigenvalue weighted by Crippen LogP contribution is 2.33. The highest BCUT2D eigenvalue weighted by Gasteiger charge is 2.23. The standard InChI is InChI=1S/C18H19N3O4S/c1-4-12(15(19)22)21-17(23)14-11(8-26-16(14)20-18(21)24)10-5-6-13(25-3)9(2)7-10/h5-8,12H,4H2,1-3H3,(H2,19,22)(H,20,24). The van der Waals surface area contributed by atoms with E-state index in [1.807, 2.05) is 30.5 Å². The van der Waals surface area contributed by atoms with Gasteiger partial charge in [0.15, 0.2) is 0 Å². The van der Waals surface area contributed by atoms with Crippen molar-refractivity contribution in [1.82, 2.24) is 9.55 Å². The van der Waals surface area contributed by atoms with Gasteiger partial charge in [-0.2, -0.15) is 0 Å². The smallest absolute Gasteiger partial charge is 0.330 e. The van der Waals surface area contributed by atoms with E-state index < -0.39 is 23.2 Å². The van der Waals surface area contributed by atoms with Crippen LogP contribution in [0.3, 0.4) is 0 Å². The molecular formula is C18H19N3O4S. The maximum atomic E-state index is 13.0. The average Bonchev–Trinajstić information content (AvgIpc) is 3.01. The molecule has 1 unspecified atom stereocenters. The Morgan fingerprint density at radius 1 is 1.38 bits per heavy atom. The lowest BCUT2D eigenvalue weighted by atomic mass is 10.0. The van der Waals surface area contributed by atoms with E-state index in [0.717, 1.165) is 21.4 Å². The minimum atomic E-state index is -0.985. The van der Waals surface area contributed by atoms with E-state index in [1.165, 1.54) is 11.3 Å². The number of aromatic amines is 1. The number of aromatic nitrogens is 2. The van der Waals surface area contributed by atoms with Crippen molar-refractivity contribution in [3.63, 3.8) is 0 Å². The molecule has 1 amide bonds. The van der Waals surface area contributed by atoms with Gasteiger partial charge in [-0.05, 0) is 36.6 Å². The van der Waals surface area contributed by atoms with Crippen LogP contribution in [0.25, 0.3) is 21.3 Å². The second kappa shape index (κ2) is 6.80. The third-order valence-electron chi connectivity index (χ3n) is 4.40. The van der Waals surface area contributed by atoms with Crippen molar-refractivity contribution < 1.29 is 9.53 Å². The summed E-state index contributed by atoms with van der Waals surface area (Å²) in [5, 5.41) is 2.19. The van der Waals surface area contributed by atoms with Crippen LogP contribution in [0.15, 0.2) is 33.2 Å². The molecular weight excluding hydrogens is 354 g/mol. The number of carbonyl (C=O) groups excluding carboxylic acids is 1. The van der Waals surface area contributed by atoms with Crippen LogP contribution in [0.2, 0.25) is 0 Å². The summed E-state index contributed by atoms with van der Waals surface area (Å²) >= 11 is 1.27. The van der Waals surface area contributed by atoms with E-state index in [9.17, 15) is 14.4 Å². The number of aryl methyl sites for hydroxylation is 1. The van der Waals surface area contributed by atoms with Gasteiger partial charge < -0.3 is 10.5 Å². The predicted octanol–water partition coefficient (Wildman–Crippen LogP) is 2.17. The van der Waals surface area contributed by atoms with E-state index >= 15 is 0 Å². The first-order valence-electron chi connectivity index (χ1n) is 8.09. The van der Waals surface area contributed by atoms with Crippen LogP contribution in [-0.4, -0.2) is 22.6 Å². The van der Waals surface area contributed by atoms with Crippen molar-refractivity contribution >= 4 is 27.5 Å². The molecule has 7 nitrogen and oxygen atoms in total. The number of nitrogens with one attached hydrogen (secondary N) is 1. The Morgan fingerprint density at radius 2 is 2.12 bits per heavy atom. The first kappa shape index (κ1) is 17.9. The van der Waals surface area contributed by atoms with Crippen LogP contribution >= 0.6 is 11.3 Å². The van der Waals surface area contributed by atoms with Gasteiger partial charge in [0.2, 0.25) is 5.91 Å². The minimum Gasteiger partial charge on any atom is -0.496 e. The highest BCUT2D eigenvalue weighted by molar-refractivity contribution is 7.17. The lowest BCUT2D eigenvalue weighted by Crippen LogP contribution is -2.42. The molecule has 3 N–H and O–H groups in total. The summed E-state index contributed by atoms with van der Waals surface area (Å²) in [7, 11) is 1.60. The van der Waals surface area contributed by atoms with E-state index in [0.29, 0.717) is 15.8 Å². The fraction of sp³-hybridized carbons (Fsp3) is 0.278. The first-order chi connectivity index (χ1) is 12.4. The molecule has 26 heavy (non-hydrogen) atoms. The van der Waals surface area contributed by atoms with Crippen molar-refractivity contribution in [2.45, 2.75) is 26.3 Å². The average molecular weight is 373 g/mol. The van der Waals surface area contributed by atoms with Gasteiger partial charge in [-0.25, -0.2) is 9.36 Å². The summed E-state index contributed by atoms with van der Waals surface area (Å²) < 4.78 is 6.19. The zero-order chi connectivity index (χ0) is 19.0. The van der Waals surface area contributed by atoms with Gasteiger partial charge in [-0.3, -0.25) is 14.6 Å². The van der Waals surface area contributed by atoms with Gasteiger partial charge in [0, 0.05) is 10.9 Å². The number of H-pyrrole nitrogens is 1. The molecule has 0 saturated carbocycles. The number of ether oxygens (including phenoxy) is 1. The van der Waals surface area contributed by atoms with Crippen molar-refractivity contribution in [3.05, 3.63) is 50.0 Å². The first-order valence-corrected chi connectivity index (χ1v) is 8.97. The molecule has 0 aliphatic heterocycles. The van der Waals surface area contributed by atoms with Gasteiger partial charge in [0.1, 0.15) is 16.6 Å². The van der Waals surface area contributed by atoms with Crippen LogP contribution in [0.5, 0.6) is 5.75 Å². The summed E-state index contributed by atoms with van der Waals surface area (Å²) in [6, 6.07) is 4.62. The SMILES string of the molecule is CCC(C(N)=O)n1c(=O)[nH]c2scc(-c3ccc(OC)c(C)c3)c2c1=O. The molecule has 1 atom stereocenters. The topological polar surface area (TPSA) is 107 Å². The Kier molecular flexibility index (Phi) is 4.69. The molecule has 1 aromatic carbocycles. The number of benzene rings is 1. The quantitative estimate of drug-likeness (QED) is 0.714. The monoisotopic (exact) mass is 373 g/mol. The zero-order valence-corrected chi connectivity index (χ0v) is 15.5. The molecule has 0 saturated heterocycles. The molecule has 0 aliphatic rings. The Labute approximate surface area is 153 Å². The van der Waals surface area contributed by atoms with Crippen molar-refractivity contribution in [2.24, 2.45) is 5.73 Å². The molecule has 136 valence electrons. The molecule has 0 bridgehead atoms. The Bertz CT molecular complexity index is 1110. The maximum Gasteiger partial charge on any atom is 0.330 e. The highest BCUT2D eigenvalue weighted by atomic mass is 32.1. The second-order valence-electron chi connectivity index (χ2n) is 5.97. The molecule has 0 fully saturated rings. The molecule has 0 spiro atoms. The molecule has 0 radical (unpaired) electrons. The molecule has 3 rings (SSSR count). The number of rotatable bonds is 5. The number of carbonyl (C=O) groups is 1. The third kappa shape index (κ3) is 2.82. The van der Waals surface area contributed by atoms with E-state index in [2.05, 4.69) is 4.98 Å². The van der Waals surface area contributed by atoms with Gasteiger partial charge >= 0.3 is 5.69 Å². The van der Waals surface area contributed by atoms with Gasteiger partial charge in [0.25, 0.3) is 5.56 Å². The van der Waals surface area contributed by atoms with Crippen LogP contribution < -0.4 is 21.7 Å².